The summed E-state index contributed by atoms with van der Waals surface area (Å²) in [6, 6.07) is 22.0. The second kappa shape index (κ2) is 10.5. The number of ether oxygens (including phenoxy) is 2. The molecule has 4 rings (SSSR count). The quantitative estimate of drug-likeness (QED) is 0.498. The second-order valence-corrected chi connectivity index (χ2v) is 9.45. The Labute approximate surface area is 193 Å². The van der Waals surface area contributed by atoms with Crippen LogP contribution in [-0.4, -0.2) is 33.6 Å². The molecule has 3 aromatic carbocycles. The van der Waals surface area contributed by atoms with Crippen molar-refractivity contribution in [2.24, 2.45) is 0 Å². The summed E-state index contributed by atoms with van der Waals surface area (Å²) < 4.78 is 38.8. The number of carbonyl (C=O) groups excluding carboxylic acids is 1. The standard InChI is InChI=1S/C25H26N2O5S/c28-25(26-17-19-11-13-22(14-12-19)32-18-23-8-5-15-31-23)20-6-4-7-21(16-20)27-33(29,30)24-9-2-1-3-10-24/h1-4,6-7,9-14,16,23,27H,5,8,15,17-18H2,(H,26,28). The molecule has 1 saturated heterocycles. The van der Waals surface area contributed by atoms with Crippen LogP contribution in [0.25, 0.3) is 0 Å². The number of carbonyl (C=O) groups is 1. The van der Waals surface area contributed by atoms with Crippen molar-refractivity contribution in [3.05, 3.63) is 90.0 Å². The van der Waals surface area contributed by atoms with Gasteiger partial charge in [0.25, 0.3) is 15.9 Å². The molecule has 33 heavy (non-hydrogen) atoms. The van der Waals surface area contributed by atoms with E-state index in [1.165, 1.54) is 18.2 Å². The Morgan fingerprint density at radius 3 is 2.52 bits per heavy atom. The van der Waals surface area contributed by atoms with Gasteiger partial charge in [0.1, 0.15) is 12.4 Å². The van der Waals surface area contributed by atoms with Crippen LogP contribution in [0.15, 0.2) is 83.8 Å². The normalized spacial score (nSPS) is 15.7. The van der Waals surface area contributed by atoms with Crippen molar-refractivity contribution in [3.8, 4) is 5.75 Å². The minimum absolute atomic E-state index is 0.156. The molecule has 0 radical (unpaired) electrons. The highest BCUT2D eigenvalue weighted by Crippen LogP contribution is 2.18. The Bertz CT molecular complexity index is 1170. The molecule has 2 N–H and O–H groups in total. The zero-order chi connectivity index (χ0) is 23.1. The molecule has 1 aliphatic rings. The van der Waals surface area contributed by atoms with Gasteiger partial charge in [-0.1, -0.05) is 36.4 Å². The summed E-state index contributed by atoms with van der Waals surface area (Å²) >= 11 is 0. The summed E-state index contributed by atoms with van der Waals surface area (Å²) in [5, 5.41) is 2.86. The third-order valence-corrected chi connectivity index (χ3v) is 6.66. The first-order chi connectivity index (χ1) is 16.0. The van der Waals surface area contributed by atoms with Gasteiger partial charge in [0.15, 0.2) is 0 Å². The fraction of sp³-hybridized carbons (Fsp3) is 0.240. The Kier molecular flexibility index (Phi) is 7.26. The number of sulfonamides is 1. The van der Waals surface area contributed by atoms with Crippen molar-refractivity contribution < 1.29 is 22.7 Å². The summed E-state index contributed by atoms with van der Waals surface area (Å²) in [6.45, 7) is 1.68. The zero-order valence-electron chi connectivity index (χ0n) is 18.1. The molecule has 1 unspecified atom stereocenters. The average molecular weight is 467 g/mol. The largest absolute Gasteiger partial charge is 0.491 e. The molecule has 7 nitrogen and oxygen atoms in total. The topological polar surface area (TPSA) is 93.7 Å². The van der Waals surface area contributed by atoms with Gasteiger partial charge in [-0.3, -0.25) is 9.52 Å². The van der Waals surface area contributed by atoms with E-state index >= 15 is 0 Å². The summed E-state index contributed by atoms with van der Waals surface area (Å²) in [4.78, 5) is 12.8. The number of hydrogen-bond donors (Lipinski definition) is 2. The number of rotatable bonds is 9. The van der Waals surface area contributed by atoms with Gasteiger partial charge in [-0.15, -0.1) is 0 Å². The summed E-state index contributed by atoms with van der Waals surface area (Å²) in [5.74, 6) is 0.466. The molecule has 0 aromatic heterocycles. The molecular formula is C25H26N2O5S. The highest BCUT2D eigenvalue weighted by atomic mass is 32.2. The maximum atomic E-state index is 12.6. The lowest BCUT2D eigenvalue weighted by atomic mass is 10.1. The molecule has 1 amide bonds. The van der Waals surface area contributed by atoms with Crippen LogP contribution in [0.1, 0.15) is 28.8 Å². The second-order valence-electron chi connectivity index (χ2n) is 7.77. The molecule has 0 bridgehead atoms. The predicted octanol–water partition coefficient (Wildman–Crippen LogP) is 3.98. The van der Waals surface area contributed by atoms with Crippen molar-refractivity contribution in [1.82, 2.24) is 5.32 Å². The first-order valence-corrected chi connectivity index (χ1v) is 12.3. The highest BCUT2D eigenvalue weighted by Gasteiger charge is 2.16. The van der Waals surface area contributed by atoms with E-state index in [1.807, 2.05) is 24.3 Å². The summed E-state index contributed by atoms with van der Waals surface area (Å²) in [5.41, 5.74) is 1.60. The number of hydrogen-bond acceptors (Lipinski definition) is 5. The average Bonchev–Trinajstić information content (AvgIpc) is 3.36. The van der Waals surface area contributed by atoms with Gasteiger partial charge < -0.3 is 14.8 Å². The maximum absolute atomic E-state index is 12.6. The molecule has 1 heterocycles. The molecule has 1 atom stereocenters. The Hall–Kier alpha value is -3.36. The van der Waals surface area contributed by atoms with Crippen LogP contribution in [0, 0.1) is 0 Å². The highest BCUT2D eigenvalue weighted by molar-refractivity contribution is 7.92. The summed E-state index contributed by atoms with van der Waals surface area (Å²) in [7, 11) is -3.73. The van der Waals surface area contributed by atoms with Crippen LogP contribution in [-0.2, 0) is 21.3 Å². The van der Waals surface area contributed by atoms with Crippen molar-refractivity contribution in [2.45, 2.75) is 30.4 Å². The smallest absolute Gasteiger partial charge is 0.261 e. The van der Waals surface area contributed by atoms with Crippen molar-refractivity contribution in [1.29, 1.82) is 0 Å². The third-order valence-electron chi connectivity index (χ3n) is 5.27. The first-order valence-electron chi connectivity index (χ1n) is 10.8. The van der Waals surface area contributed by atoms with Gasteiger partial charge in [0.05, 0.1) is 11.0 Å². The van der Waals surface area contributed by atoms with Gasteiger partial charge in [-0.25, -0.2) is 8.42 Å². The molecular weight excluding hydrogens is 440 g/mol. The molecule has 1 aliphatic heterocycles. The zero-order valence-corrected chi connectivity index (χ0v) is 18.9. The molecule has 8 heteroatoms. The molecule has 3 aromatic rings. The minimum atomic E-state index is -3.73. The van der Waals surface area contributed by atoms with Gasteiger partial charge in [0.2, 0.25) is 0 Å². The van der Waals surface area contributed by atoms with E-state index < -0.39 is 10.0 Å². The van der Waals surface area contributed by atoms with E-state index in [1.54, 1.807) is 36.4 Å². The molecule has 0 aliphatic carbocycles. The van der Waals surface area contributed by atoms with E-state index in [0.29, 0.717) is 24.4 Å². The van der Waals surface area contributed by atoms with E-state index in [9.17, 15) is 13.2 Å². The van der Waals surface area contributed by atoms with Crippen LogP contribution in [0.4, 0.5) is 5.69 Å². The van der Waals surface area contributed by atoms with Crippen molar-refractivity contribution in [2.75, 3.05) is 17.9 Å². The Morgan fingerprint density at radius 1 is 1.00 bits per heavy atom. The summed E-state index contributed by atoms with van der Waals surface area (Å²) in [6.07, 6.45) is 2.27. The lowest BCUT2D eigenvalue weighted by Gasteiger charge is -2.12. The maximum Gasteiger partial charge on any atom is 0.261 e. The van der Waals surface area contributed by atoms with Gasteiger partial charge >= 0.3 is 0 Å². The fourth-order valence-corrected chi connectivity index (χ4v) is 4.56. The Morgan fingerprint density at radius 2 is 1.79 bits per heavy atom. The van der Waals surface area contributed by atoms with Crippen LogP contribution >= 0.6 is 0 Å². The van der Waals surface area contributed by atoms with Crippen molar-refractivity contribution in [3.63, 3.8) is 0 Å². The lowest BCUT2D eigenvalue weighted by molar-refractivity contribution is 0.0679. The first kappa shape index (κ1) is 22.8. The SMILES string of the molecule is O=C(NCc1ccc(OCC2CCCO2)cc1)c1cccc(NS(=O)(=O)c2ccccc2)c1. The molecule has 0 saturated carbocycles. The van der Waals surface area contributed by atoms with Gasteiger partial charge in [-0.2, -0.15) is 0 Å². The molecule has 172 valence electrons. The number of amides is 1. The monoisotopic (exact) mass is 466 g/mol. The van der Waals surface area contributed by atoms with E-state index in [2.05, 4.69) is 10.0 Å². The van der Waals surface area contributed by atoms with Crippen molar-refractivity contribution >= 4 is 21.6 Å². The minimum Gasteiger partial charge on any atom is -0.491 e. The van der Waals surface area contributed by atoms with Gasteiger partial charge in [0, 0.05) is 24.4 Å². The third kappa shape index (κ3) is 6.34. The van der Waals surface area contributed by atoms with Crippen LogP contribution in [0.2, 0.25) is 0 Å². The molecule has 1 fully saturated rings. The number of anilines is 1. The predicted molar refractivity (Wildman–Crippen MR) is 126 cm³/mol. The van der Waals surface area contributed by atoms with Crippen LogP contribution in [0.3, 0.4) is 0 Å². The van der Waals surface area contributed by atoms with Crippen LogP contribution in [0.5, 0.6) is 5.75 Å². The van der Waals surface area contributed by atoms with Crippen LogP contribution < -0.4 is 14.8 Å². The lowest BCUT2D eigenvalue weighted by Crippen LogP contribution is -2.23. The number of benzene rings is 3. The van der Waals surface area contributed by atoms with E-state index in [0.717, 1.165) is 30.8 Å². The molecule has 0 spiro atoms. The van der Waals surface area contributed by atoms with E-state index in [4.69, 9.17) is 9.47 Å². The van der Waals surface area contributed by atoms with E-state index in [-0.39, 0.29) is 16.9 Å². The number of nitrogens with one attached hydrogen (secondary N) is 2. The fourth-order valence-electron chi connectivity index (χ4n) is 3.49. The van der Waals surface area contributed by atoms with Gasteiger partial charge in [-0.05, 0) is 60.9 Å². The Balaban J connectivity index is 1.31.